The smallest absolute Gasteiger partial charge is 0.312 e. The first-order chi connectivity index (χ1) is 13.5. The summed E-state index contributed by atoms with van der Waals surface area (Å²) in [6.45, 7) is 7.63. The van der Waals surface area contributed by atoms with Crippen LogP contribution in [0.4, 0.5) is 10.5 Å². The zero-order chi connectivity index (χ0) is 20.3. The van der Waals surface area contributed by atoms with Crippen molar-refractivity contribution < 1.29 is 9.59 Å². The lowest BCUT2D eigenvalue weighted by Crippen LogP contribution is -2.51. The Bertz CT molecular complexity index is 773. The molecular formula is C23H33N3O2. The Morgan fingerprint density at radius 3 is 2.32 bits per heavy atom. The van der Waals surface area contributed by atoms with Gasteiger partial charge in [0.05, 0.1) is 5.70 Å². The first-order valence-corrected chi connectivity index (χ1v) is 10.7. The van der Waals surface area contributed by atoms with Crippen LogP contribution in [0.3, 0.4) is 0 Å². The monoisotopic (exact) mass is 383 g/mol. The summed E-state index contributed by atoms with van der Waals surface area (Å²) in [6, 6.07) is 7.91. The summed E-state index contributed by atoms with van der Waals surface area (Å²) in [5.74, 6) is -0.0143. The van der Waals surface area contributed by atoms with Crippen molar-refractivity contribution in [1.29, 1.82) is 0 Å². The molecule has 28 heavy (non-hydrogen) atoms. The second-order valence-electron chi connectivity index (χ2n) is 7.76. The Labute approximate surface area is 169 Å². The third-order valence-corrected chi connectivity index (χ3v) is 5.89. The van der Waals surface area contributed by atoms with E-state index in [1.165, 1.54) is 0 Å². The van der Waals surface area contributed by atoms with E-state index >= 15 is 0 Å². The highest BCUT2D eigenvalue weighted by Gasteiger charge is 2.64. The highest BCUT2D eigenvalue weighted by atomic mass is 16.2. The first-order valence-electron chi connectivity index (χ1n) is 10.7. The van der Waals surface area contributed by atoms with Gasteiger partial charge in [0.15, 0.2) is 5.54 Å². The molecule has 0 bridgehead atoms. The summed E-state index contributed by atoms with van der Waals surface area (Å²) >= 11 is 0. The summed E-state index contributed by atoms with van der Waals surface area (Å²) in [6.07, 6.45) is 7.77. The molecule has 152 valence electrons. The van der Waals surface area contributed by atoms with Crippen molar-refractivity contribution in [2.75, 3.05) is 25.0 Å². The van der Waals surface area contributed by atoms with Crippen molar-refractivity contribution in [3.63, 3.8) is 0 Å². The molecule has 1 aromatic rings. The molecule has 1 aromatic carbocycles. The molecule has 3 rings (SSSR count). The average Bonchev–Trinajstić information content (AvgIpc) is 3.08. The average molecular weight is 384 g/mol. The van der Waals surface area contributed by atoms with E-state index in [-0.39, 0.29) is 11.9 Å². The molecular weight excluding hydrogens is 350 g/mol. The Morgan fingerprint density at radius 1 is 0.964 bits per heavy atom. The number of carbonyl (C=O) groups is 2. The van der Waals surface area contributed by atoms with Crippen LogP contribution in [-0.4, -0.2) is 41.9 Å². The number of hydrogen-bond donors (Lipinski definition) is 0. The van der Waals surface area contributed by atoms with Crippen LogP contribution in [0.15, 0.2) is 36.0 Å². The third-order valence-electron chi connectivity index (χ3n) is 5.89. The summed E-state index contributed by atoms with van der Waals surface area (Å²) < 4.78 is 0. The number of rotatable bonds is 8. The quantitative estimate of drug-likeness (QED) is 0.642. The molecule has 5 nitrogen and oxygen atoms in total. The van der Waals surface area contributed by atoms with E-state index in [0.29, 0.717) is 13.1 Å². The minimum atomic E-state index is -1.01. The molecule has 0 aromatic heterocycles. The van der Waals surface area contributed by atoms with Crippen molar-refractivity contribution in [2.45, 2.75) is 64.8 Å². The van der Waals surface area contributed by atoms with Gasteiger partial charge < -0.3 is 9.80 Å². The summed E-state index contributed by atoms with van der Waals surface area (Å²) in [7, 11) is 1.82. The van der Waals surface area contributed by atoms with E-state index < -0.39 is 5.54 Å². The number of likely N-dealkylation sites (N-methyl/N-ethyl adjacent to an activating group) is 1. The van der Waals surface area contributed by atoms with Crippen molar-refractivity contribution in [3.8, 4) is 0 Å². The van der Waals surface area contributed by atoms with Gasteiger partial charge in [0.2, 0.25) is 0 Å². The molecule has 0 aliphatic carbocycles. The van der Waals surface area contributed by atoms with E-state index in [2.05, 4.69) is 26.8 Å². The van der Waals surface area contributed by atoms with Crippen LogP contribution in [0.2, 0.25) is 0 Å². The molecule has 0 N–H and O–H groups in total. The molecule has 1 saturated heterocycles. The largest absolute Gasteiger partial charge is 0.325 e. The van der Waals surface area contributed by atoms with Crippen LogP contribution in [0.25, 0.3) is 0 Å². The standard InChI is InChI=1S/C23H33N3O2/c1-5-8-15-20-23(18-13-11-12-14-19(18)24(4)21(23)27)26(17-10-7-3)22(28)25(20)16-9-6-2/h11-15H,5-10,16-17H2,1-4H3/b20-15-. The fraction of sp³-hybridized carbons (Fsp3) is 0.565. The number of urea groups is 1. The van der Waals surface area contributed by atoms with Gasteiger partial charge in [-0.1, -0.05) is 64.3 Å². The lowest BCUT2D eigenvalue weighted by atomic mass is 9.86. The van der Waals surface area contributed by atoms with Crippen molar-refractivity contribution in [2.24, 2.45) is 0 Å². The summed E-state index contributed by atoms with van der Waals surface area (Å²) in [5.41, 5.74) is 1.70. The third kappa shape index (κ3) is 2.92. The SMILES string of the molecule is CCC/C=C1\N(CCCC)C(=O)N(CCCC)C12C(=O)N(C)c1ccccc12. The Kier molecular flexibility index (Phi) is 6.11. The maximum absolute atomic E-state index is 13.8. The molecule has 0 radical (unpaired) electrons. The topological polar surface area (TPSA) is 43.9 Å². The summed E-state index contributed by atoms with van der Waals surface area (Å²) in [4.78, 5) is 32.8. The van der Waals surface area contributed by atoms with E-state index in [0.717, 1.165) is 55.5 Å². The predicted octanol–water partition coefficient (Wildman–Crippen LogP) is 4.88. The molecule has 5 heteroatoms. The lowest BCUT2D eigenvalue weighted by Gasteiger charge is -2.33. The van der Waals surface area contributed by atoms with Gasteiger partial charge in [-0.25, -0.2) is 4.79 Å². The van der Waals surface area contributed by atoms with Crippen LogP contribution < -0.4 is 4.90 Å². The molecule has 1 unspecified atom stereocenters. The molecule has 3 amide bonds. The maximum atomic E-state index is 13.8. The molecule has 2 heterocycles. The highest BCUT2D eigenvalue weighted by Crippen LogP contribution is 2.53. The Hall–Kier alpha value is -2.30. The van der Waals surface area contributed by atoms with Gasteiger partial charge in [-0.05, 0) is 25.3 Å². The van der Waals surface area contributed by atoms with Crippen molar-refractivity contribution in [3.05, 3.63) is 41.6 Å². The minimum absolute atomic E-state index is 0.0143. The molecule has 1 atom stereocenters. The van der Waals surface area contributed by atoms with Gasteiger partial charge >= 0.3 is 6.03 Å². The van der Waals surface area contributed by atoms with Gasteiger partial charge in [0.25, 0.3) is 5.91 Å². The van der Waals surface area contributed by atoms with Gasteiger partial charge in [-0.3, -0.25) is 9.69 Å². The van der Waals surface area contributed by atoms with Gasteiger partial charge in [-0.15, -0.1) is 0 Å². The van der Waals surface area contributed by atoms with Gasteiger partial charge in [0, 0.05) is 31.4 Å². The van der Waals surface area contributed by atoms with Crippen molar-refractivity contribution in [1.82, 2.24) is 9.80 Å². The molecule has 2 aliphatic rings. The van der Waals surface area contributed by atoms with Crippen LogP contribution in [0.5, 0.6) is 0 Å². The second-order valence-corrected chi connectivity index (χ2v) is 7.76. The second kappa shape index (κ2) is 8.38. The van der Waals surface area contributed by atoms with Crippen LogP contribution in [0, 0.1) is 0 Å². The lowest BCUT2D eigenvalue weighted by molar-refractivity contribution is -0.125. The fourth-order valence-electron chi connectivity index (χ4n) is 4.42. The van der Waals surface area contributed by atoms with Crippen molar-refractivity contribution >= 4 is 17.6 Å². The number of benzene rings is 1. The fourth-order valence-corrected chi connectivity index (χ4v) is 4.42. The summed E-state index contributed by atoms with van der Waals surface area (Å²) in [5, 5.41) is 0. The molecule has 0 saturated carbocycles. The maximum Gasteiger partial charge on any atom is 0.325 e. The van der Waals surface area contributed by atoms with E-state index in [4.69, 9.17) is 0 Å². The van der Waals surface area contributed by atoms with Gasteiger partial charge in [-0.2, -0.15) is 0 Å². The predicted molar refractivity (Wildman–Crippen MR) is 113 cm³/mol. The number of nitrogens with zero attached hydrogens (tertiary/aromatic N) is 3. The zero-order valence-electron chi connectivity index (χ0n) is 17.7. The number of anilines is 1. The first kappa shape index (κ1) is 20.4. The number of allylic oxidation sites excluding steroid dienone is 1. The number of fused-ring (bicyclic) bond motifs is 2. The number of hydrogen-bond acceptors (Lipinski definition) is 2. The molecule has 1 fully saturated rings. The van der Waals surface area contributed by atoms with E-state index in [9.17, 15) is 9.59 Å². The normalized spacial score (nSPS) is 22.9. The zero-order valence-corrected chi connectivity index (χ0v) is 17.7. The van der Waals surface area contributed by atoms with Crippen LogP contribution in [-0.2, 0) is 10.3 Å². The Balaban J connectivity index is 2.23. The van der Waals surface area contributed by atoms with E-state index in [1.54, 1.807) is 4.90 Å². The number of carbonyl (C=O) groups excluding carboxylic acids is 2. The Morgan fingerprint density at radius 2 is 1.64 bits per heavy atom. The van der Waals surface area contributed by atoms with Crippen LogP contribution in [0.1, 0.15) is 64.9 Å². The van der Waals surface area contributed by atoms with Gasteiger partial charge in [0.1, 0.15) is 0 Å². The number of unbranched alkanes of at least 4 members (excludes halogenated alkanes) is 3. The number of para-hydroxylation sites is 1. The van der Waals surface area contributed by atoms with E-state index in [1.807, 2.05) is 41.1 Å². The minimum Gasteiger partial charge on any atom is -0.312 e. The molecule has 2 aliphatic heterocycles. The van der Waals surface area contributed by atoms with Crippen LogP contribution >= 0.6 is 0 Å². The molecule has 1 spiro atoms. The number of amides is 3. The highest BCUT2D eigenvalue weighted by molar-refractivity contribution is 6.13.